The summed E-state index contributed by atoms with van der Waals surface area (Å²) < 4.78 is 0. The van der Waals surface area contributed by atoms with Gasteiger partial charge in [0.2, 0.25) is 5.91 Å². The van der Waals surface area contributed by atoms with Crippen molar-refractivity contribution in [2.45, 2.75) is 12.8 Å². The van der Waals surface area contributed by atoms with Gasteiger partial charge in [0.25, 0.3) is 0 Å². The summed E-state index contributed by atoms with van der Waals surface area (Å²) in [5.74, 6) is -0.352. The molecular formula is C21H22N2O2. The molecule has 128 valence electrons. The summed E-state index contributed by atoms with van der Waals surface area (Å²) in [5, 5.41) is 11.0. The Morgan fingerprint density at radius 3 is 2.16 bits per heavy atom. The number of carbonyl (C=O) groups excluding carboxylic acids is 1. The van der Waals surface area contributed by atoms with Gasteiger partial charge in [-0.3, -0.25) is 9.69 Å². The van der Waals surface area contributed by atoms with Crippen molar-refractivity contribution in [1.29, 1.82) is 0 Å². The molecule has 4 rings (SSSR count). The van der Waals surface area contributed by atoms with Gasteiger partial charge in [0.1, 0.15) is 11.7 Å². The molecule has 4 heteroatoms. The summed E-state index contributed by atoms with van der Waals surface area (Å²) in [5.41, 5.74) is 2.27. The Labute approximate surface area is 148 Å². The van der Waals surface area contributed by atoms with Crippen molar-refractivity contribution in [2.24, 2.45) is 5.92 Å². The number of aliphatic hydroxyl groups is 1. The van der Waals surface area contributed by atoms with Crippen molar-refractivity contribution in [3.05, 3.63) is 72.0 Å². The lowest BCUT2D eigenvalue weighted by atomic mass is 10.1. The van der Waals surface area contributed by atoms with Crippen molar-refractivity contribution < 1.29 is 9.90 Å². The van der Waals surface area contributed by atoms with Crippen LogP contribution in [0.3, 0.4) is 0 Å². The first-order chi connectivity index (χ1) is 12.3. The predicted octanol–water partition coefficient (Wildman–Crippen LogP) is 3.67. The Bertz CT molecular complexity index is 780. The fourth-order valence-electron chi connectivity index (χ4n) is 3.76. The second-order valence-electron chi connectivity index (χ2n) is 6.67. The topological polar surface area (TPSA) is 43.8 Å². The fourth-order valence-corrected chi connectivity index (χ4v) is 3.76. The zero-order valence-electron chi connectivity index (χ0n) is 14.1. The van der Waals surface area contributed by atoms with E-state index < -0.39 is 5.92 Å². The van der Waals surface area contributed by atoms with Gasteiger partial charge in [-0.1, -0.05) is 48.5 Å². The van der Waals surface area contributed by atoms with Gasteiger partial charge in [0.05, 0.1) is 5.70 Å². The third-order valence-electron chi connectivity index (χ3n) is 5.02. The standard InChI is InChI=1S/C21H22N2O2/c24-20-18(15-22-13-7-8-14-22)21(25)23(17-11-5-2-6-12-17)19(20)16-9-3-1-4-10-16/h1-6,9-12,18,24H,7-8,13-15H2. The summed E-state index contributed by atoms with van der Waals surface area (Å²) in [6.07, 6.45) is 2.33. The van der Waals surface area contributed by atoms with Crippen LogP contribution in [0, 0.1) is 5.92 Å². The monoisotopic (exact) mass is 334 g/mol. The molecule has 1 N–H and O–H groups in total. The zero-order chi connectivity index (χ0) is 17.2. The van der Waals surface area contributed by atoms with Gasteiger partial charge in [-0.25, -0.2) is 0 Å². The summed E-state index contributed by atoms with van der Waals surface area (Å²) in [7, 11) is 0. The van der Waals surface area contributed by atoms with E-state index in [-0.39, 0.29) is 11.7 Å². The van der Waals surface area contributed by atoms with E-state index >= 15 is 0 Å². The number of para-hydroxylation sites is 1. The minimum atomic E-state index is -0.492. The smallest absolute Gasteiger partial charge is 0.243 e. The van der Waals surface area contributed by atoms with E-state index in [4.69, 9.17) is 0 Å². The minimum absolute atomic E-state index is 0.0468. The van der Waals surface area contributed by atoms with Crippen LogP contribution >= 0.6 is 0 Å². The van der Waals surface area contributed by atoms with E-state index in [1.54, 1.807) is 4.90 Å². The molecule has 0 radical (unpaired) electrons. The Hall–Kier alpha value is -2.59. The summed E-state index contributed by atoms with van der Waals surface area (Å²) in [6.45, 7) is 2.59. The quantitative estimate of drug-likeness (QED) is 0.928. The number of amides is 1. The molecule has 4 nitrogen and oxygen atoms in total. The predicted molar refractivity (Wildman–Crippen MR) is 99.1 cm³/mol. The number of carbonyl (C=O) groups is 1. The highest BCUT2D eigenvalue weighted by molar-refractivity contribution is 6.13. The molecule has 0 bridgehead atoms. The molecule has 2 aromatic rings. The van der Waals surface area contributed by atoms with Crippen LogP contribution in [0.1, 0.15) is 18.4 Å². The molecular weight excluding hydrogens is 312 g/mol. The number of benzene rings is 2. The number of nitrogens with zero attached hydrogens (tertiary/aromatic N) is 2. The average Bonchev–Trinajstić information content (AvgIpc) is 3.25. The fraction of sp³-hybridized carbons (Fsp3) is 0.286. The van der Waals surface area contributed by atoms with Crippen LogP contribution in [0.5, 0.6) is 0 Å². The van der Waals surface area contributed by atoms with Crippen molar-refractivity contribution in [2.75, 3.05) is 24.5 Å². The van der Waals surface area contributed by atoms with E-state index in [0.29, 0.717) is 12.2 Å². The van der Waals surface area contributed by atoms with Crippen molar-refractivity contribution in [3.8, 4) is 0 Å². The lowest BCUT2D eigenvalue weighted by Gasteiger charge is -2.22. The second kappa shape index (κ2) is 6.73. The van der Waals surface area contributed by atoms with E-state index in [0.717, 1.165) is 24.3 Å². The number of hydrogen-bond donors (Lipinski definition) is 1. The van der Waals surface area contributed by atoms with E-state index in [9.17, 15) is 9.90 Å². The summed E-state index contributed by atoms with van der Waals surface area (Å²) in [6, 6.07) is 19.2. The summed E-state index contributed by atoms with van der Waals surface area (Å²) in [4.78, 5) is 17.1. The third-order valence-corrected chi connectivity index (χ3v) is 5.02. The van der Waals surface area contributed by atoms with E-state index in [1.807, 2.05) is 60.7 Å². The molecule has 2 aliphatic rings. The molecule has 0 aliphatic carbocycles. The lowest BCUT2D eigenvalue weighted by molar-refractivity contribution is -0.120. The van der Waals surface area contributed by atoms with Crippen molar-refractivity contribution >= 4 is 17.3 Å². The highest BCUT2D eigenvalue weighted by Crippen LogP contribution is 2.38. The van der Waals surface area contributed by atoms with Gasteiger partial charge in [-0.05, 0) is 38.1 Å². The van der Waals surface area contributed by atoms with Crippen LogP contribution in [0.15, 0.2) is 66.4 Å². The molecule has 25 heavy (non-hydrogen) atoms. The van der Waals surface area contributed by atoms with Gasteiger partial charge in [-0.2, -0.15) is 0 Å². The molecule has 1 fully saturated rings. The molecule has 1 unspecified atom stereocenters. The van der Waals surface area contributed by atoms with E-state index in [1.165, 1.54) is 12.8 Å². The maximum absolute atomic E-state index is 13.2. The van der Waals surface area contributed by atoms with Crippen LogP contribution in [-0.2, 0) is 4.79 Å². The Kier molecular flexibility index (Phi) is 4.28. The molecule has 0 saturated carbocycles. The molecule has 0 spiro atoms. The highest BCUT2D eigenvalue weighted by Gasteiger charge is 2.42. The molecule has 1 atom stereocenters. The van der Waals surface area contributed by atoms with Gasteiger partial charge < -0.3 is 10.0 Å². The van der Waals surface area contributed by atoms with Crippen LogP contribution in [0.2, 0.25) is 0 Å². The number of rotatable bonds is 4. The summed E-state index contributed by atoms with van der Waals surface area (Å²) >= 11 is 0. The van der Waals surface area contributed by atoms with Gasteiger partial charge in [0.15, 0.2) is 0 Å². The average molecular weight is 334 g/mol. The molecule has 2 heterocycles. The normalized spacial score (nSPS) is 21.4. The Balaban J connectivity index is 1.75. The largest absolute Gasteiger partial charge is 0.509 e. The molecule has 2 aromatic carbocycles. The van der Waals surface area contributed by atoms with E-state index in [2.05, 4.69) is 4.90 Å². The SMILES string of the molecule is O=C1C(CN2CCCC2)C(O)=C(c2ccccc2)N1c1ccccc1. The maximum Gasteiger partial charge on any atom is 0.243 e. The minimum Gasteiger partial charge on any atom is -0.509 e. The highest BCUT2D eigenvalue weighted by atomic mass is 16.3. The van der Waals surface area contributed by atoms with Gasteiger partial charge in [-0.15, -0.1) is 0 Å². The van der Waals surface area contributed by atoms with Crippen LogP contribution in [0.25, 0.3) is 5.70 Å². The molecule has 1 saturated heterocycles. The number of aliphatic hydroxyl groups excluding tert-OH is 1. The van der Waals surface area contributed by atoms with Gasteiger partial charge in [0, 0.05) is 17.8 Å². The maximum atomic E-state index is 13.2. The molecule has 2 aliphatic heterocycles. The number of hydrogen-bond acceptors (Lipinski definition) is 3. The van der Waals surface area contributed by atoms with Crippen LogP contribution in [-0.4, -0.2) is 35.5 Å². The molecule has 1 amide bonds. The lowest BCUT2D eigenvalue weighted by Crippen LogP contribution is -2.35. The van der Waals surface area contributed by atoms with Gasteiger partial charge >= 0.3 is 0 Å². The van der Waals surface area contributed by atoms with Crippen LogP contribution in [0.4, 0.5) is 5.69 Å². The number of likely N-dealkylation sites (tertiary alicyclic amines) is 1. The first kappa shape index (κ1) is 15.9. The first-order valence-electron chi connectivity index (χ1n) is 8.85. The van der Waals surface area contributed by atoms with Crippen molar-refractivity contribution in [3.63, 3.8) is 0 Å². The Morgan fingerprint density at radius 1 is 0.920 bits per heavy atom. The third kappa shape index (κ3) is 2.94. The Morgan fingerprint density at radius 2 is 1.52 bits per heavy atom. The van der Waals surface area contributed by atoms with Crippen molar-refractivity contribution in [1.82, 2.24) is 4.90 Å². The first-order valence-corrected chi connectivity index (χ1v) is 8.85. The number of anilines is 1. The molecule has 0 aromatic heterocycles. The zero-order valence-corrected chi connectivity index (χ0v) is 14.1. The second-order valence-corrected chi connectivity index (χ2v) is 6.67. The van der Waals surface area contributed by atoms with Crippen LogP contribution < -0.4 is 4.90 Å².